The molecule has 0 aliphatic carbocycles. The van der Waals surface area contributed by atoms with Gasteiger partial charge in [0.2, 0.25) is 5.91 Å². The molecule has 34 heavy (non-hydrogen) atoms. The van der Waals surface area contributed by atoms with E-state index < -0.39 is 6.04 Å². The van der Waals surface area contributed by atoms with Crippen LogP contribution < -0.4 is 10.9 Å². The van der Waals surface area contributed by atoms with E-state index in [2.05, 4.69) is 39.6 Å². The van der Waals surface area contributed by atoms with Crippen molar-refractivity contribution in [3.05, 3.63) is 76.2 Å². The van der Waals surface area contributed by atoms with Gasteiger partial charge >= 0.3 is 0 Å². The summed E-state index contributed by atoms with van der Waals surface area (Å²) in [5, 5.41) is 9.07. The number of benzene rings is 2. The molecule has 1 aliphatic heterocycles. The van der Waals surface area contributed by atoms with Crippen molar-refractivity contribution in [2.75, 3.05) is 19.6 Å². The Morgan fingerprint density at radius 1 is 1.09 bits per heavy atom. The second-order valence-electron chi connectivity index (χ2n) is 9.09. The summed E-state index contributed by atoms with van der Waals surface area (Å²) in [5.74, 6) is -0.0481. The van der Waals surface area contributed by atoms with Gasteiger partial charge in [-0.3, -0.25) is 14.5 Å². The van der Waals surface area contributed by atoms with Crippen LogP contribution in [-0.4, -0.2) is 44.8 Å². The molecular weight excluding hydrogens is 426 g/mol. The van der Waals surface area contributed by atoms with Gasteiger partial charge in [0.05, 0.1) is 11.7 Å². The fourth-order valence-electron chi connectivity index (χ4n) is 5.17. The first kappa shape index (κ1) is 22.3. The number of para-hydroxylation sites is 1. The maximum atomic E-state index is 13.3. The summed E-state index contributed by atoms with van der Waals surface area (Å²) in [4.78, 5) is 28.8. The van der Waals surface area contributed by atoms with Crippen molar-refractivity contribution < 1.29 is 4.79 Å². The monoisotopic (exact) mass is 457 g/mol. The van der Waals surface area contributed by atoms with Crippen LogP contribution in [0, 0.1) is 0 Å². The lowest BCUT2D eigenvalue weighted by atomic mass is 10.00. The van der Waals surface area contributed by atoms with Crippen molar-refractivity contribution in [1.82, 2.24) is 24.6 Å². The van der Waals surface area contributed by atoms with Gasteiger partial charge in [0.15, 0.2) is 0 Å². The third-order valence-corrected chi connectivity index (χ3v) is 6.97. The first-order chi connectivity index (χ1) is 16.6. The van der Waals surface area contributed by atoms with Crippen molar-refractivity contribution in [3.63, 3.8) is 0 Å². The molecule has 0 saturated heterocycles. The molecule has 0 spiro atoms. The molecule has 1 N–H and O–H groups in total. The summed E-state index contributed by atoms with van der Waals surface area (Å²) in [6.45, 7) is 5.58. The lowest BCUT2D eigenvalue weighted by Gasteiger charge is -2.28. The molecular formula is C27H31N5O2. The molecule has 1 aliphatic rings. The van der Waals surface area contributed by atoms with Crippen molar-refractivity contribution in [1.29, 1.82) is 0 Å². The number of fused-ring (bicyclic) bond motifs is 4. The van der Waals surface area contributed by atoms with Crippen LogP contribution in [0.2, 0.25) is 0 Å². The van der Waals surface area contributed by atoms with E-state index in [0.717, 1.165) is 48.8 Å². The van der Waals surface area contributed by atoms with E-state index >= 15 is 0 Å². The minimum absolute atomic E-state index is 0.0481. The van der Waals surface area contributed by atoms with Crippen molar-refractivity contribution in [3.8, 4) is 0 Å². The third-order valence-electron chi connectivity index (χ3n) is 6.97. The molecule has 7 heteroatoms. The lowest BCUT2D eigenvalue weighted by molar-refractivity contribution is -0.124. The number of carbonyl (C=O) groups excluding carboxylic acids is 1. The van der Waals surface area contributed by atoms with Crippen LogP contribution in [0.4, 0.5) is 0 Å². The summed E-state index contributed by atoms with van der Waals surface area (Å²) in [6, 6.07) is 16.0. The number of amides is 1. The van der Waals surface area contributed by atoms with Crippen LogP contribution >= 0.6 is 0 Å². The van der Waals surface area contributed by atoms with Crippen LogP contribution in [0.3, 0.4) is 0 Å². The van der Waals surface area contributed by atoms with Crippen molar-refractivity contribution >= 4 is 27.7 Å². The Labute approximate surface area is 199 Å². The fourth-order valence-corrected chi connectivity index (χ4v) is 5.17. The first-order valence-electron chi connectivity index (χ1n) is 12.1. The Morgan fingerprint density at radius 2 is 1.85 bits per heavy atom. The van der Waals surface area contributed by atoms with Crippen molar-refractivity contribution in [2.24, 2.45) is 7.05 Å². The van der Waals surface area contributed by atoms with Gasteiger partial charge in [0.1, 0.15) is 11.6 Å². The summed E-state index contributed by atoms with van der Waals surface area (Å²) < 4.78 is 3.24. The van der Waals surface area contributed by atoms with E-state index in [1.54, 1.807) is 13.2 Å². The Balaban J connectivity index is 1.30. The predicted molar refractivity (Wildman–Crippen MR) is 135 cm³/mol. The van der Waals surface area contributed by atoms with E-state index in [9.17, 15) is 9.59 Å². The molecule has 4 aromatic rings. The summed E-state index contributed by atoms with van der Waals surface area (Å²) >= 11 is 0. The smallest absolute Gasteiger partial charge is 0.291 e. The number of aryl methyl sites for hydroxylation is 1. The predicted octanol–water partition coefficient (Wildman–Crippen LogP) is 3.40. The second-order valence-corrected chi connectivity index (χ2v) is 9.09. The van der Waals surface area contributed by atoms with E-state index in [-0.39, 0.29) is 11.5 Å². The summed E-state index contributed by atoms with van der Waals surface area (Å²) in [7, 11) is 1.64. The summed E-state index contributed by atoms with van der Waals surface area (Å²) in [5.41, 5.74) is 4.09. The molecule has 0 fully saturated rings. The molecule has 0 unspecified atom stereocenters. The van der Waals surface area contributed by atoms with E-state index in [0.29, 0.717) is 18.5 Å². The minimum atomic E-state index is -0.459. The van der Waals surface area contributed by atoms with Gasteiger partial charge in [-0.1, -0.05) is 49.4 Å². The highest BCUT2D eigenvalue weighted by Gasteiger charge is 2.25. The highest BCUT2D eigenvalue weighted by atomic mass is 16.2. The summed E-state index contributed by atoms with van der Waals surface area (Å²) in [6.07, 6.45) is 4.28. The van der Waals surface area contributed by atoms with Gasteiger partial charge in [-0.2, -0.15) is 5.10 Å². The molecule has 0 saturated carbocycles. The fraction of sp³-hybridized carbons (Fsp3) is 0.370. The topological polar surface area (TPSA) is 72.2 Å². The van der Waals surface area contributed by atoms with Crippen LogP contribution in [0.1, 0.15) is 36.9 Å². The Bertz CT molecular complexity index is 1400. The SMILES string of the molecule is CC[C@H](C(=O)NCCCN1CCc2ccccc2C1)n1c2ccccc2c2cnn(C)c(=O)c21. The zero-order valence-electron chi connectivity index (χ0n) is 19.8. The molecule has 2 aromatic heterocycles. The van der Waals surface area contributed by atoms with E-state index in [1.807, 2.05) is 35.8 Å². The number of carbonyl (C=O) groups is 1. The molecule has 0 bridgehead atoms. The molecule has 0 radical (unpaired) electrons. The lowest BCUT2D eigenvalue weighted by Crippen LogP contribution is -2.36. The third kappa shape index (κ3) is 4.01. The molecule has 2 aromatic carbocycles. The zero-order chi connectivity index (χ0) is 23.7. The van der Waals surface area contributed by atoms with E-state index in [1.165, 1.54) is 15.8 Å². The highest BCUT2D eigenvalue weighted by Crippen LogP contribution is 2.30. The Morgan fingerprint density at radius 3 is 2.68 bits per heavy atom. The maximum absolute atomic E-state index is 13.3. The quantitative estimate of drug-likeness (QED) is 0.432. The van der Waals surface area contributed by atoms with Crippen LogP contribution in [0.5, 0.6) is 0 Å². The van der Waals surface area contributed by atoms with Gasteiger partial charge in [0.25, 0.3) is 5.56 Å². The zero-order valence-corrected chi connectivity index (χ0v) is 19.8. The highest BCUT2D eigenvalue weighted by molar-refractivity contribution is 6.08. The molecule has 3 heterocycles. The van der Waals surface area contributed by atoms with E-state index in [4.69, 9.17) is 0 Å². The first-order valence-corrected chi connectivity index (χ1v) is 12.1. The molecule has 5 rings (SSSR count). The van der Waals surface area contributed by atoms with Gasteiger partial charge < -0.3 is 9.88 Å². The number of nitrogens with zero attached hydrogens (tertiary/aromatic N) is 4. The second kappa shape index (κ2) is 9.43. The van der Waals surface area contributed by atoms with Crippen LogP contribution in [-0.2, 0) is 24.8 Å². The average Bonchev–Trinajstić information content (AvgIpc) is 3.19. The average molecular weight is 458 g/mol. The normalized spacial score (nSPS) is 14.9. The standard InChI is InChI=1S/C27H31N5O2/c1-3-23(26(33)28-14-8-15-31-16-13-19-9-4-5-10-20(19)18-31)32-24-12-7-6-11-21(24)22-17-29-30(2)27(34)25(22)32/h4-7,9-12,17,23H,3,8,13-16,18H2,1-2H3,(H,28,33)/t23-/m1/s1. The van der Waals surface area contributed by atoms with Gasteiger partial charge in [0, 0.05) is 44.0 Å². The van der Waals surface area contributed by atoms with Crippen LogP contribution in [0.25, 0.3) is 21.8 Å². The van der Waals surface area contributed by atoms with Crippen LogP contribution in [0.15, 0.2) is 59.5 Å². The number of nitrogens with one attached hydrogen (secondary N) is 1. The number of hydrogen-bond acceptors (Lipinski definition) is 4. The van der Waals surface area contributed by atoms with Gasteiger partial charge in [-0.15, -0.1) is 0 Å². The molecule has 7 nitrogen and oxygen atoms in total. The maximum Gasteiger partial charge on any atom is 0.291 e. The Hall–Kier alpha value is -3.45. The van der Waals surface area contributed by atoms with Crippen molar-refractivity contribution in [2.45, 2.75) is 38.8 Å². The molecule has 1 amide bonds. The van der Waals surface area contributed by atoms with Gasteiger partial charge in [-0.05, 0) is 36.5 Å². The number of rotatable bonds is 7. The molecule has 1 atom stereocenters. The number of aromatic nitrogens is 3. The largest absolute Gasteiger partial charge is 0.354 e. The van der Waals surface area contributed by atoms with Gasteiger partial charge in [-0.25, -0.2) is 4.68 Å². The molecule has 176 valence electrons. The minimum Gasteiger partial charge on any atom is -0.354 e. The number of hydrogen-bond donors (Lipinski definition) is 1. The Kier molecular flexibility index (Phi) is 6.20.